The maximum atomic E-state index is 14.0. The number of ether oxygens (including phenoxy) is 1. The summed E-state index contributed by atoms with van der Waals surface area (Å²) in [6.45, 7) is 8.10. The van der Waals surface area contributed by atoms with Crippen molar-refractivity contribution in [2.24, 2.45) is 5.92 Å². The Balaban J connectivity index is 1.35. The number of carbonyl (C=O) groups excluding carboxylic acids is 1. The average Bonchev–Trinajstić information content (AvgIpc) is 2.84. The number of aromatic nitrogens is 3. The number of aryl methyl sites for hydroxylation is 1. The Labute approximate surface area is 202 Å². The van der Waals surface area contributed by atoms with Crippen LogP contribution in [0.25, 0.3) is 0 Å². The molecule has 5 rings (SSSR count). The van der Waals surface area contributed by atoms with E-state index in [2.05, 4.69) is 51.2 Å². The van der Waals surface area contributed by atoms with Crippen molar-refractivity contribution in [3.63, 3.8) is 0 Å². The molecule has 0 aliphatic carbocycles. The molecule has 2 aromatic heterocycles. The van der Waals surface area contributed by atoms with Crippen molar-refractivity contribution < 1.29 is 9.53 Å². The number of anilines is 1. The minimum absolute atomic E-state index is 0.0244. The average molecular weight is 465 g/mol. The fourth-order valence-electron chi connectivity index (χ4n) is 5.64. The molecule has 2 aromatic rings. The number of rotatable bonds is 4. The Morgan fingerprint density at radius 3 is 2.82 bits per heavy atom. The number of amides is 1. The fraction of sp³-hybridized carbons (Fsp3) is 0.615. The summed E-state index contributed by atoms with van der Waals surface area (Å²) in [7, 11) is 2.14. The number of hydrogen-bond acceptors (Lipinski definition) is 7. The minimum Gasteiger partial charge on any atom is -0.381 e. The third-order valence-corrected chi connectivity index (χ3v) is 7.64. The quantitative estimate of drug-likeness (QED) is 0.745. The summed E-state index contributed by atoms with van der Waals surface area (Å²) >= 11 is 0. The Bertz CT molecular complexity index is 1020. The molecule has 2 saturated heterocycles. The first-order valence-corrected chi connectivity index (χ1v) is 12.6. The molecule has 1 N–H and O–H groups in total. The van der Waals surface area contributed by atoms with Crippen molar-refractivity contribution in [1.82, 2.24) is 24.8 Å². The van der Waals surface area contributed by atoms with Crippen LogP contribution in [0.15, 0.2) is 24.5 Å². The number of nitrogens with zero attached hydrogens (tertiary/aromatic N) is 5. The zero-order valence-electron chi connectivity index (χ0n) is 20.5. The first kappa shape index (κ1) is 23.2. The van der Waals surface area contributed by atoms with Crippen molar-refractivity contribution in [2.75, 3.05) is 38.7 Å². The zero-order valence-corrected chi connectivity index (χ0v) is 20.5. The van der Waals surface area contributed by atoms with E-state index in [1.807, 2.05) is 19.3 Å². The molecule has 2 unspecified atom stereocenters. The summed E-state index contributed by atoms with van der Waals surface area (Å²) in [5, 5.41) is 3.47. The Morgan fingerprint density at radius 1 is 1.21 bits per heavy atom. The molecule has 0 radical (unpaired) electrons. The van der Waals surface area contributed by atoms with Crippen LogP contribution in [0.2, 0.25) is 0 Å². The van der Waals surface area contributed by atoms with Gasteiger partial charge in [0.15, 0.2) is 0 Å². The van der Waals surface area contributed by atoms with Crippen LogP contribution < -0.4 is 5.32 Å². The Morgan fingerprint density at radius 2 is 2.03 bits per heavy atom. The first-order valence-electron chi connectivity index (χ1n) is 12.6. The van der Waals surface area contributed by atoms with E-state index in [0.717, 1.165) is 68.9 Å². The monoisotopic (exact) mass is 464 g/mol. The topological polar surface area (TPSA) is 83.5 Å². The predicted molar refractivity (Wildman–Crippen MR) is 131 cm³/mol. The van der Waals surface area contributed by atoms with Crippen molar-refractivity contribution in [1.29, 1.82) is 0 Å². The van der Waals surface area contributed by atoms with E-state index in [9.17, 15) is 4.79 Å². The SMILES string of the molecule is Cc1cc(C2CN(C)CCC2C(=O)N2Cc3nc(NC4CCOCC4)ncc3C[C@H]2C)ccn1. The van der Waals surface area contributed by atoms with E-state index in [4.69, 9.17) is 9.72 Å². The van der Waals surface area contributed by atoms with Gasteiger partial charge in [-0.05, 0) is 76.4 Å². The molecule has 8 nitrogen and oxygen atoms in total. The molecule has 2 fully saturated rings. The van der Waals surface area contributed by atoms with Crippen LogP contribution in [0.3, 0.4) is 0 Å². The molecule has 3 aliphatic rings. The lowest BCUT2D eigenvalue weighted by atomic mass is 9.79. The lowest BCUT2D eigenvalue weighted by Crippen LogP contribution is -2.50. The largest absolute Gasteiger partial charge is 0.381 e. The van der Waals surface area contributed by atoms with Crippen molar-refractivity contribution in [2.45, 2.75) is 64.1 Å². The number of likely N-dealkylation sites (tertiary alicyclic amines) is 1. The van der Waals surface area contributed by atoms with Gasteiger partial charge >= 0.3 is 0 Å². The lowest BCUT2D eigenvalue weighted by Gasteiger charge is -2.42. The number of likely N-dealkylation sites (N-methyl/N-ethyl adjacent to an activating group) is 1. The summed E-state index contributed by atoms with van der Waals surface area (Å²) in [6, 6.07) is 4.70. The number of pyridine rings is 1. The zero-order chi connectivity index (χ0) is 23.7. The summed E-state index contributed by atoms with van der Waals surface area (Å²) in [5.74, 6) is 1.07. The predicted octanol–water partition coefficient (Wildman–Crippen LogP) is 2.78. The number of carbonyl (C=O) groups is 1. The highest BCUT2D eigenvalue weighted by atomic mass is 16.5. The lowest BCUT2D eigenvalue weighted by molar-refractivity contribution is -0.141. The molecule has 182 valence electrons. The summed E-state index contributed by atoms with van der Waals surface area (Å²) in [4.78, 5) is 32.1. The Hall–Kier alpha value is -2.58. The molecule has 8 heteroatoms. The standard InChI is InChI=1S/C26H36N6O2/c1-17-12-19(4-8-27-17)23-15-31(3)9-5-22(23)25(33)32-16-24-20(13-18(32)2)14-28-26(30-24)29-21-6-10-34-11-7-21/h4,8,12,14,18,21-23H,5-7,9-11,13,15-16H2,1-3H3,(H,28,29,30)/t18-,22?,23?/m1/s1. The van der Waals surface area contributed by atoms with Gasteiger partial charge < -0.3 is 19.9 Å². The van der Waals surface area contributed by atoms with Gasteiger partial charge in [-0.3, -0.25) is 9.78 Å². The Kier molecular flexibility index (Phi) is 6.79. The fourth-order valence-corrected chi connectivity index (χ4v) is 5.64. The van der Waals surface area contributed by atoms with Gasteiger partial charge in [-0.2, -0.15) is 0 Å². The van der Waals surface area contributed by atoms with Crippen LogP contribution in [0.5, 0.6) is 0 Å². The van der Waals surface area contributed by atoms with Gasteiger partial charge in [0.2, 0.25) is 11.9 Å². The van der Waals surface area contributed by atoms with Gasteiger partial charge in [0, 0.05) is 61.8 Å². The smallest absolute Gasteiger partial charge is 0.227 e. The molecule has 0 saturated carbocycles. The molecule has 0 bridgehead atoms. The first-order chi connectivity index (χ1) is 16.5. The number of fused-ring (bicyclic) bond motifs is 1. The van der Waals surface area contributed by atoms with Crippen LogP contribution in [-0.4, -0.2) is 76.1 Å². The third kappa shape index (κ3) is 4.93. The molecule has 3 atom stereocenters. The van der Waals surface area contributed by atoms with E-state index >= 15 is 0 Å². The van der Waals surface area contributed by atoms with E-state index in [1.54, 1.807) is 0 Å². The van der Waals surface area contributed by atoms with Crippen molar-refractivity contribution >= 4 is 11.9 Å². The number of nitrogens with one attached hydrogen (secondary N) is 1. The highest BCUT2D eigenvalue weighted by Gasteiger charge is 2.39. The minimum atomic E-state index is -0.0244. The van der Waals surface area contributed by atoms with E-state index in [-0.39, 0.29) is 23.8 Å². The van der Waals surface area contributed by atoms with Crippen LogP contribution in [0.1, 0.15) is 54.6 Å². The second-order valence-electron chi connectivity index (χ2n) is 10.2. The summed E-state index contributed by atoms with van der Waals surface area (Å²) in [6.07, 6.45) is 7.41. The molecule has 3 aliphatic heterocycles. The van der Waals surface area contributed by atoms with Gasteiger partial charge in [0.05, 0.1) is 12.2 Å². The van der Waals surface area contributed by atoms with Gasteiger partial charge in [0.25, 0.3) is 0 Å². The molecule has 1 amide bonds. The van der Waals surface area contributed by atoms with Gasteiger partial charge in [-0.1, -0.05) is 0 Å². The molecule has 34 heavy (non-hydrogen) atoms. The van der Waals surface area contributed by atoms with Crippen molar-refractivity contribution in [3.05, 3.63) is 47.0 Å². The van der Waals surface area contributed by atoms with Crippen LogP contribution >= 0.6 is 0 Å². The molecule has 0 aromatic carbocycles. The van der Waals surface area contributed by atoms with Crippen LogP contribution in [0.4, 0.5) is 5.95 Å². The maximum Gasteiger partial charge on any atom is 0.227 e. The number of hydrogen-bond donors (Lipinski definition) is 1. The van der Waals surface area contributed by atoms with Crippen molar-refractivity contribution in [3.8, 4) is 0 Å². The van der Waals surface area contributed by atoms with Gasteiger partial charge in [-0.15, -0.1) is 0 Å². The normalized spacial score (nSPS) is 26.2. The number of piperidine rings is 1. The van der Waals surface area contributed by atoms with E-state index < -0.39 is 0 Å². The summed E-state index contributed by atoms with van der Waals surface area (Å²) < 4.78 is 5.46. The maximum absolute atomic E-state index is 14.0. The van der Waals surface area contributed by atoms with E-state index in [1.165, 1.54) is 5.56 Å². The second kappa shape index (κ2) is 9.96. The second-order valence-corrected chi connectivity index (χ2v) is 10.2. The van der Waals surface area contributed by atoms with Gasteiger partial charge in [0.1, 0.15) is 0 Å². The highest BCUT2D eigenvalue weighted by Crippen LogP contribution is 2.35. The van der Waals surface area contributed by atoms with Crippen LogP contribution in [0, 0.1) is 12.8 Å². The third-order valence-electron chi connectivity index (χ3n) is 7.64. The molecular formula is C26H36N6O2. The van der Waals surface area contributed by atoms with E-state index in [0.29, 0.717) is 18.5 Å². The highest BCUT2D eigenvalue weighted by molar-refractivity contribution is 5.80. The van der Waals surface area contributed by atoms with Crippen LogP contribution in [-0.2, 0) is 22.5 Å². The molecule has 5 heterocycles. The molecular weight excluding hydrogens is 428 g/mol. The van der Waals surface area contributed by atoms with Gasteiger partial charge in [-0.25, -0.2) is 9.97 Å². The summed E-state index contributed by atoms with van der Waals surface area (Å²) in [5.41, 5.74) is 4.34. The molecule has 0 spiro atoms.